The maximum absolute atomic E-state index is 13.8. The average Bonchev–Trinajstić information content (AvgIpc) is 2.80. The zero-order valence-electron chi connectivity index (χ0n) is 18.0. The highest BCUT2D eigenvalue weighted by atomic mass is 16.1. The number of fused-ring (bicyclic) bond motifs is 1. The van der Waals surface area contributed by atoms with Crippen LogP contribution in [0.3, 0.4) is 0 Å². The number of aryl methyl sites for hydroxylation is 1. The normalized spacial score (nSPS) is 18.4. The van der Waals surface area contributed by atoms with Crippen LogP contribution in [0.25, 0.3) is 22.2 Å². The summed E-state index contributed by atoms with van der Waals surface area (Å²) in [5.41, 5.74) is 3.59. The van der Waals surface area contributed by atoms with Gasteiger partial charge in [-0.2, -0.15) is 4.98 Å². The van der Waals surface area contributed by atoms with Crippen molar-refractivity contribution in [2.45, 2.75) is 44.7 Å². The van der Waals surface area contributed by atoms with Gasteiger partial charge < -0.3 is 16.0 Å². The van der Waals surface area contributed by atoms with Gasteiger partial charge in [-0.1, -0.05) is 24.3 Å². The van der Waals surface area contributed by atoms with Crippen molar-refractivity contribution in [1.29, 1.82) is 0 Å². The summed E-state index contributed by atoms with van der Waals surface area (Å²) in [6.45, 7) is 5.89. The third-order valence-electron chi connectivity index (χ3n) is 6.55. The predicted octanol–water partition coefficient (Wildman–Crippen LogP) is 2.86. The summed E-state index contributed by atoms with van der Waals surface area (Å²) >= 11 is 0. The van der Waals surface area contributed by atoms with Crippen molar-refractivity contribution in [1.82, 2.24) is 25.2 Å². The Kier molecular flexibility index (Phi) is 5.70. The first-order chi connectivity index (χ1) is 15.2. The largest absolute Gasteiger partial charge is 0.351 e. The molecule has 0 unspecified atom stereocenters. The molecule has 31 heavy (non-hydrogen) atoms. The zero-order valence-corrected chi connectivity index (χ0v) is 18.0. The minimum atomic E-state index is 0.0419. The van der Waals surface area contributed by atoms with Crippen LogP contribution in [0.5, 0.6) is 0 Å². The molecule has 0 bridgehead atoms. The lowest BCUT2D eigenvalue weighted by atomic mass is 9.99. The van der Waals surface area contributed by atoms with Gasteiger partial charge in [0.1, 0.15) is 5.65 Å². The second-order valence-corrected chi connectivity index (χ2v) is 8.67. The number of pyridine rings is 1. The van der Waals surface area contributed by atoms with Crippen LogP contribution in [0.15, 0.2) is 41.3 Å². The minimum absolute atomic E-state index is 0.0419. The van der Waals surface area contributed by atoms with E-state index in [9.17, 15) is 4.79 Å². The van der Waals surface area contributed by atoms with Gasteiger partial charge in [-0.15, -0.1) is 0 Å². The molecule has 0 amide bonds. The number of aromatic nitrogens is 3. The van der Waals surface area contributed by atoms with Crippen molar-refractivity contribution in [3.63, 3.8) is 0 Å². The molecule has 0 spiro atoms. The van der Waals surface area contributed by atoms with Gasteiger partial charge >= 0.3 is 0 Å². The van der Waals surface area contributed by atoms with Crippen LogP contribution in [0, 0.1) is 6.92 Å². The van der Waals surface area contributed by atoms with Gasteiger partial charge in [-0.3, -0.25) is 9.36 Å². The Morgan fingerprint density at radius 3 is 2.45 bits per heavy atom. The molecule has 5 rings (SSSR count). The average molecular weight is 419 g/mol. The van der Waals surface area contributed by atoms with Gasteiger partial charge in [0.05, 0.1) is 0 Å². The highest BCUT2D eigenvalue weighted by molar-refractivity contribution is 5.82. The van der Waals surface area contributed by atoms with Gasteiger partial charge in [0.2, 0.25) is 5.95 Å². The Labute approximate surface area is 182 Å². The van der Waals surface area contributed by atoms with Gasteiger partial charge in [-0.05, 0) is 76.0 Å². The number of nitrogens with zero attached hydrogens (tertiary/aromatic N) is 3. The molecule has 1 aromatic carbocycles. The van der Waals surface area contributed by atoms with Gasteiger partial charge in [0.15, 0.2) is 0 Å². The van der Waals surface area contributed by atoms with Crippen LogP contribution in [0.4, 0.5) is 5.95 Å². The van der Waals surface area contributed by atoms with E-state index in [4.69, 9.17) is 4.98 Å². The fourth-order valence-electron chi connectivity index (χ4n) is 4.81. The predicted molar refractivity (Wildman–Crippen MR) is 125 cm³/mol. The van der Waals surface area contributed by atoms with E-state index in [1.165, 1.54) is 0 Å². The molecular formula is C24H30N6O. The lowest BCUT2D eigenvalue weighted by Crippen LogP contribution is -2.36. The highest BCUT2D eigenvalue weighted by Gasteiger charge is 2.23. The first-order valence-electron chi connectivity index (χ1n) is 11.4. The summed E-state index contributed by atoms with van der Waals surface area (Å²) in [7, 11) is 0. The van der Waals surface area contributed by atoms with Gasteiger partial charge in [0, 0.05) is 29.2 Å². The van der Waals surface area contributed by atoms with E-state index in [2.05, 4.69) is 33.9 Å². The molecule has 3 aromatic rings. The van der Waals surface area contributed by atoms with Crippen molar-refractivity contribution in [3.8, 4) is 11.1 Å². The second-order valence-electron chi connectivity index (χ2n) is 8.67. The molecule has 2 aliphatic heterocycles. The Bertz CT molecular complexity index is 1130. The number of hydrogen-bond acceptors (Lipinski definition) is 6. The highest BCUT2D eigenvalue weighted by Crippen LogP contribution is 2.27. The van der Waals surface area contributed by atoms with Crippen molar-refractivity contribution in [2.75, 3.05) is 31.5 Å². The lowest BCUT2D eigenvalue weighted by molar-refractivity contribution is 0.368. The molecular weight excluding hydrogens is 388 g/mol. The number of piperidine rings is 2. The molecule has 0 aliphatic carbocycles. The van der Waals surface area contributed by atoms with E-state index in [0.717, 1.165) is 79.6 Å². The summed E-state index contributed by atoms with van der Waals surface area (Å²) in [4.78, 5) is 23.3. The number of benzene rings is 1. The molecule has 7 heteroatoms. The fourth-order valence-corrected chi connectivity index (χ4v) is 4.81. The van der Waals surface area contributed by atoms with Crippen LogP contribution in [-0.4, -0.2) is 46.8 Å². The molecule has 7 nitrogen and oxygen atoms in total. The molecule has 2 saturated heterocycles. The molecule has 2 aliphatic rings. The first-order valence-corrected chi connectivity index (χ1v) is 11.4. The Morgan fingerprint density at radius 2 is 1.71 bits per heavy atom. The first kappa shape index (κ1) is 20.2. The van der Waals surface area contributed by atoms with Crippen molar-refractivity contribution in [2.24, 2.45) is 0 Å². The van der Waals surface area contributed by atoms with E-state index < -0.39 is 0 Å². The molecule has 162 valence electrons. The smallest absolute Gasteiger partial charge is 0.260 e. The summed E-state index contributed by atoms with van der Waals surface area (Å²) in [6.07, 6.45) is 5.81. The standard InChI is InChI=1S/C24H30N6O/c1-16-4-2-3-5-20(16)21-14-17-15-27-24(28-18-6-10-25-11-7-18)29-22(17)30(23(21)31)19-8-12-26-13-9-19/h2-5,14-15,18-19,25-26H,6-13H2,1H3,(H,27,28,29). The second kappa shape index (κ2) is 8.77. The van der Waals surface area contributed by atoms with Crippen LogP contribution in [0.2, 0.25) is 0 Å². The van der Waals surface area contributed by atoms with Crippen LogP contribution in [0.1, 0.15) is 37.3 Å². The van der Waals surface area contributed by atoms with E-state index in [0.29, 0.717) is 12.0 Å². The number of anilines is 1. The maximum atomic E-state index is 13.8. The summed E-state index contributed by atoms with van der Waals surface area (Å²) < 4.78 is 1.94. The van der Waals surface area contributed by atoms with E-state index in [-0.39, 0.29) is 11.6 Å². The molecule has 2 fully saturated rings. The Balaban J connectivity index is 1.64. The molecule has 2 aromatic heterocycles. The Morgan fingerprint density at radius 1 is 1.00 bits per heavy atom. The number of hydrogen-bond donors (Lipinski definition) is 3. The Hall–Kier alpha value is -2.77. The van der Waals surface area contributed by atoms with Gasteiger partial charge in [-0.25, -0.2) is 4.98 Å². The van der Waals surface area contributed by atoms with E-state index in [1.54, 1.807) is 0 Å². The summed E-state index contributed by atoms with van der Waals surface area (Å²) in [5, 5.41) is 11.2. The molecule has 0 saturated carbocycles. The van der Waals surface area contributed by atoms with E-state index in [1.807, 2.05) is 35.0 Å². The number of nitrogens with one attached hydrogen (secondary N) is 3. The van der Waals surface area contributed by atoms with Crippen molar-refractivity contribution >= 4 is 17.0 Å². The fraction of sp³-hybridized carbons (Fsp3) is 0.458. The minimum Gasteiger partial charge on any atom is -0.351 e. The van der Waals surface area contributed by atoms with Crippen LogP contribution >= 0.6 is 0 Å². The van der Waals surface area contributed by atoms with Crippen molar-refractivity contribution in [3.05, 3.63) is 52.4 Å². The topological polar surface area (TPSA) is 83.9 Å². The SMILES string of the molecule is Cc1ccccc1-c1cc2cnc(NC3CCNCC3)nc2n(C2CCNCC2)c1=O. The third-order valence-corrected chi connectivity index (χ3v) is 6.55. The van der Waals surface area contributed by atoms with Gasteiger partial charge in [0.25, 0.3) is 5.56 Å². The summed E-state index contributed by atoms with van der Waals surface area (Å²) in [5.74, 6) is 0.616. The summed E-state index contributed by atoms with van der Waals surface area (Å²) in [6, 6.07) is 10.5. The van der Waals surface area contributed by atoms with E-state index >= 15 is 0 Å². The quantitative estimate of drug-likeness (QED) is 0.604. The number of rotatable bonds is 4. The molecule has 4 heterocycles. The van der Waals surface area contributed by atoms with Crippen LogP contribution < -0.4 is 21.5 Å². The monoisotopic (exact) mass is 418 g/mol. The van der Waals surface area contributed by atoms with Crippen LogP contribution in [-0.2, 0) is 0 Å². The van der Waals surface area contributed by atoms with Crippen molar-refractivity contribution < 1.29 is 0 Å². The molecule has 0 radical (unpaired) electrons. The third kappa shape index (κ3) is 4.07. The maximum Gasteiger partial charge on any atom is 0.260 e. The lowest BCUT2D eigenvalue weighted by Gasteiger charge is -2.27. The molecule has 0 atom stereocenters. The zero-order chi connectivity index (χ0) is 21.2. The molecule has 3 N–H and O–H groups in total.